The van der Waals surface area contributed by atoms with Gasteiger partial charge in [0.25, 0.3) is 0 Å². The molecule has 0 aliphatic carbocycles. The highest BCUT2D eigenvalue weighted by molar-refractivity contribution is 9.10. The van der Waals surface area contributed by atoms with Crippen molar-refractivity contribution >= 4 is 39.1 Å². The third-order valence-corrected chi connectivity index (χ3v) is 3.83. The number of halogens is 1. The Labute approximate surface area is 124 Å². The first-order chi connectivity index (χ1) is 9.20. The van der Waals surface area contributed by atoms with E-state index in [9.17, 15) is 4.79 Å². The van der Waals surface area contributed by atoms with Crippen LogP contribution in [0.25, 0.3) is 6.08 Å². The summed E-state index contributed by atoms with van der Waals surface area (Å²) in [5.41, 5.74) is 0.890. The molecular formula is C15H13BrO2S. The Hall–Kier alpha value is -1.39. The second-order valence-corrected chi connectivity index (χ2v) is 5.65. The van der Waals surface area contributed by atoms with Crippen LogP contribution in [-0.2, 0) is 0 Å². The molecule has 1 aromatic heterocycles. The van der Waals surface area contributed by atoms with Crippen molar-refractivity contribution in [1.82, 2.24) is 0 Å². The van der Waals surface area contributed by atoms with Crippen molar-refractivity contribution in [2.75, 3.05) is 6.61 Å². The van der Waals surface area contributed by atoms with Crippen LogP contribution in [0.2, 0.25) is 0 Å². The number of allylic oxidation sites excluding steroid dienone is 1. The van der Waals surface area contributed by atoms with Crippen molar-refractivity contribution < 1.29 is 9.53 Å². The summed E-state index contributed by atoms with van der Waals surface area (Å²) in [5, 5.41) is 1.89. The minimum atomic E-state index is 0.0115. The fourth-order valence-electron chi connectivity index (χ4n) is 1.60. The highest BCUT2D eigenvalue weighted by Crippen LogP contribution is 2.25. The van der Waals surface area contributed by atoms with Crippen molar-refractivity contribution in [1.29, 1.82) is 0 Å². The lowest BCUT2D eigenvalue weighted by molar-refractivity contribution is 0.105. The number of hydrogen-bond acceptors (Lipinski definition) is 3. The molecule has 0 aliphatic rings. The van der Waals surface area contributed by atoms with Gasteiger partial charge in [0.05, 0.1) is 11.5 Å². The molecule has 0 saturated heterocycles. The number of carbonyl (C=O) groups is 1. The van der Waals surface area contributed by atoms with Crippen LogP contribution < -0.4 is 4.74 Å². The summed E-state index contributed by atoms with van der Waals surface area (Å²) >= 11 is 4.86. The summed E-state index contributed by atoms with van der Waals surface area (Å²) in [7, 11) is 0. The van der Waals surface area contributed by atoms with Crippen molar-refractivity contribution in [2.45, 2.75) is 6.92 Å². The average Bonchev–Trinajstić information content (AvgIpc) is 2.93. The molecule has 2 nitrogen and oxygen atoms in total. The zero-order chi connectivity index (χ0) is 13.7. The molecule has 2 rings (SSSR count). The number of ketones is 1. The number of thiophene rings is 1. The Morgan fingerprint density at radius 3 is 2.95 bits per heavy atom. The summed E-state index contributed by atoms with van der Waals surface area (Å²) in [5.74, 6) is 0.790. The van der Waals surface area contributed by atoms with E-state index in [0.29, 0.717) is 6.61 Å². The minimum Gasteiger partial charge on any atom is -0.493 e. The second kappa shape index (κ2) is 6.68. The molecule has 4 heteroatoms. The van der Waals surface area contributed by atoms with Crippen LogP contribution in [0.4, 0.5) is 0 Å². The van der Waals surface area contributed by atoms with E-state index >= 15 is 0 Å². The third-order valence-electron chi connectivity index (χ3n) is 2.45. The molecule has 0 amide bonds. The number of carbonyl (C=O) groups excluding carboxylic acids is 1. The van der Waals surface area contributed by atoms with E-state index in [1.165, 1.54) is 11.3 Å². The van der Waals surface area contributed by atoms with E-state index in [2.05, 4.69) is 15.9 Å². The number of hydrogen-bond donors (Lipinski definition) is 0. The highest BCUT2D eigenvalue weighted by atomic mass is 79.9. The van der Waals surface area contributed by atoms with Gasteiger partial charge < -0.3 is 4.74 Å². The molecule has 19 heavy (non-hydrogen) atoms. The van der Waals surface area contributed by atoms with Gasteiger partial charge >= 0.3 is 0 Å². The zero-order valence-corrected chi connectivity index (χ0v) is 12.8. The summed E-state index contributed by atoms with van der Waals surface area (Å²) < 4.78 is 6.49. The van der Waals surface area contributed by atoms with Crippen molar-refractivity contribution in [3.8, 4) is 5.75 Å². The smallest absolute Gasteiger partial charge is 0.195 e. The summed E-state index contributed by atoms with van der Waals surface area (Å²) in [6.07, 6.45) is 3.37. The van der Waals surface area contributed by atoms with E-state index in [4.69, 9.17) is 4.74 Å². The molecule has 1 heterocycles. The van der Waals surface area contributed by atoms with Crippen LogP contribution in [0.15, 0.2) is 46.3 Å². The van der Waals surface area contributed by atoms with Gasteiger partial charge in [-0.1, -0.05) is 22.0 Å². The van der Waals surface area contributed by atoms with Gasteiger partial charge in [-0.15, -0.1) is 11.3 Å². The minimum absolute atomic E-state index is 0.0115. The number of ether oxygens (including phenoxy) is 1. The molecule has 0 radical (unpaired) electrons. The maximum atomic E-state index is 11.9. The first kappa shape index (κ1) is 14.0. The summed E-state index contributed by atoms with van der Waals surface area (Å²) in [4.78, 5) is 12.6. The standard InChI is InChI=1S/C15H13BrO2S/c1-2-18-14-8-6-12(16)10-11(14)5-7-13(17)15-4-3-9-19-15/h3-10H,2H2,1H3/b7-5+. The Morgan fingerprint density at radius 1 is 1.42 bits per heavy atom. The summed E-state index contributed by atoms with van der Waals surface area (Å²) in [6.45, 7) is 2.54. The predicted molar refractivity (Wildman–Crippen MR) is 83.0 cm³/mol. The van der Waals surface area contributed by atoms with Gasteiger partial charge in [0.2, 0.25) is 0 Å². The first-order valence-corrected chi connectivity index (χ1v) is 7.56. The molecule has 0 fully saturated rings. The highest BCUT2D eigenvalue weighted by Gasteiger charge is 2.04. The van der Waals surface area contributed by atoms with Crippen LogP contribution in [-0.4, -0.2) is 12.4 Å². The van der Waals surface area contributed by atoms with Crippen LogP contribution >= 0.6 is 27.3 Å². The topological polar surface area (TPSA) is 26.3 Å². The maximum absolute atomic E-state index is 11.9. The zero-order valence-electron chi connectivity index (χ0n) is 10.4. The predicted octanol–water partition coefficient (Wildman–Crippen LogP) is 4.81. The number of rotatable bonds is 5. The largest absolute Gasteiger partial charge is 0.493 e. The lowest BCUT2D eigenvalue weighted by Gasteiger charge is -2.07. The van der Waals surface area contributed by atoms with Crippen molar-refractivity contribution in [2.24, 2.45) is 0 Å². The van der Waals surface area contributed by atoms with Gasteiger partial charge in [-0.05, 0) is 48.7 Å². The molecule has 0 N–H and O–H groups in total. The monoisotopic (exact) mass is 336 g/mol. The Bertz CT molecular complexity index is 588. The first-order valence-electron chi connectivity index (χ1n) is 5.89. The van der Waals surface area contributed by atoms with Crippen LogP contribution in [0.5, 0.6) is 5.75 Å². The molecule has 98 valence electrons. The molecule has 1 aromatic carbocycles. The van der Waals surface area contributed by atoms with E-state index in [0.717, 1.165) is 20.7 Å². The van der Waals surface area contributed by atoms with Gasteiger partial charge in [0.1, 0.15) is 5.75 Å². The summed E-state index contributed by atoms with van der Waals surface area (Å²) in [6, 6.07) is 9.44. The van der Waals surface area contributed by atoms with Crippen LogP contribution in [0, 0.1) is 0 Å². The van der Waals surface area contributed by atoms with Gasteiger partial charge in [0.15, 0.2) is 5.78 Å². The SMILES string of the molecule is CCOc1ccc(Br)cc1/C=C/C(=O)c1cccs1. The third kappa shape index (κ3) is 3.78. The van der Waals surface area contributed by atoms with Gasteiger partial charge in [-0.25, -0.2) is 0 Å². The molecule has 0 spiro atoms. The lowest BCUT2D eigenvalue weighted by Crippen LogP contribution is -1.94. The molecule has 0 atom stereocenters. The normalized spacial score (nSPS) is 10.8. The van der Waals surface area contributed by atoms with Gasteiger partial charge in [-0.2, -0.15) is 0 Å². The molecule has 0 saturated carbocycles. The van der Waals surface area contributed by atoms with Crippen LogP contribution in [0.3, 0.4) is 0 Å². The Balaban J connectivity index is 2.22. The van der Waals surface area contributed by atoms with Crippen molar-refractivity contribution in [3.05, 3.63) is 56.7 Å². The lowest BCUT2D eigenvalue weighted by atomic mass is 10.1. The molecule has 0 bridgehead atoms. The van der Waals surface area contributed by atoms with E-state index in [1.807, 2.05) is 42.6 Å². The average molecular weight is 337 g/mol. The Kier molecular flexibility index (Phi) is 4.93. The van der Waals surface area contributed by atoms with Gasteiger partial charge in [0, 0.05) is 10.0 Å². The molecule has 2 aromatic rings. The molecular weight excluding hydrogens is 324 g/mol. The molecule has 0 unspecified atom stereocenters. The van der Waals surface area contributed by atoms with E-state index in [1.54, 1.807) is 12.2 Å². The maximum Gasteiger partial charge on any atom is 0.195 e. The number of benzene rings is 1. The van der Waals surface area contributed by atoms with Crippen LogP contribution in [0.1, 0.15) is 22.2 Å². The fraction of sp³-hybridized carbons (Fsp3) is 0.133. The quantitative estimate of drug-likeness (QED) is 0.578. The Morgan fingerprint density at radius 2 is 2.26 bits per heavy atom. The van der Waals surface area contributed by atoms with E-state index < -0.39 is 0 Å². The second-order valence-electron chi connectivity index (χ2n) is 3.79. The van der Waals surface area contributed by atoms with E-state index in [-0.39, 0.29) is 5.78 Å². The molecule has 0 aliphatic heterocycles. The fourth-order valence-corrected chi connectivity index (χ4v) is 2.63. The van der Waals surface area contributed by atoms with Crippen molar-refractivity contribution in [3.63, 3.8) is 0 Å². The van der Waals surface area contributed by atoms with Gasteiger partial charge in [-0.3, -0.25) is 4.79 Å².